The molecule has 2 aromatic heterocycles. The Morgan fingerprint density at radius 3 is 2.52 bits per heavy atom. The van der Waals surface area contributed by atoms with Crippen LogP contribution in [0.1, 0.15) is 39.5 Å². The van der Waals surface area contributed by atoms with Crippen molar-refractivity contribution in [3.05, 3.63) is 71.8 Å². The molecule has 0 saturated heterocycles. The molecule has 0 spiro atoms. The van der Waals surface area contributed by atoms with Crippen LogP contribution in [0.3, 0.4) is 0 Å². The standard InChI is InChI=1S/C20H15F4N5O2/c1-11-10-28(13-4-2-12(3-5-13)20(22,23)24)19(31)17-14(8-16(21)29(11)17)27-18(30)15-9-25-6-7-26-15/h2-9,11H,10H2,1H3,(H,27,30)/t11-/m0/s1. The van der Waals surface area contributed by atoms with Gasteiger partial charge in [0.25, 0.3) is 11.8 Å². The molecule has 2 amide bonds. The summed E-state index contributed by atoms with van der Waals surface area (Å²) in [6.45, 7) is 1.70. The molecule has 160 valence electrons. The number of aromatic nitrogens is 3. The highest BCUT2D eigenvalue weighted by Crippen LogP contribution is 2.35. The van der Waals surface area contributed by atoms with Gasteiger partial charge in [-0.1, -0.05) is 0 Å². The number of benzene rings is 1. The van der Waals surface area contributed by atoms with Crippen LogP contribution < -0.4 is 10.2 Å². The van der Waals surface area contributed by atoms with Gasteiger partial charge in [0.15, 0.2) is 5.95 Å². The lowest BCUT2D eigenvalue weighted by atomic mass is 10.1. The van der Waals surface area contributed by atoms with E-state index in [4.69, 9.17) is 0 Å². The Morgan fingerprint density at radius 2 is 1.90 bits per heavy atom. The van der Waals surface area contributed by atoms with Gasteiger partial charge < -0.3 is 14.8 Å². The second-order valence-corrected chi connectivity index (χ2v) is 6.95. The van der Waals surface area contributed by atoms with E-state index in [2.05, 4.69) is 15.3 Å². The molecule has 0 bridgehead atoms. The van der Waals surface area contributed by atoms with E-state index in [0.717, 1.165) is 22.8 Å². The number of nitrogens with zero attached hydrogens (tertiary/aromatic N) is 4. The maximum absolute atomic E-state index is 14.6. The van der Waals surface area contributed by atoms with Gasteiger partial charge in [-0.05, 0) is 31.2 Å². The molecule has 1 atom stereocenters. The van der Waals surface area contributed by atoms with Crippen molar-refractivity contribution < 1.29 is 27.2 Å². The Kier molecular flexibility index (Phi) is 4.96. The van der Waals surface area contributed by atoms with E-state index in [-0.39, 0.29) is 29.3 Å². The van der Waals surface area contributed by atoms with Gasteiger partial charge in [0.1, 0.15) is 11.4 Å². The van der Waals surface area contributed by atoms with Crippen molar-refractivity contribution in [3.63, 3.8) is 0 Å². The van der Waals surface area contributed by atoms with Gasteiger partial charge in [0, 0.05) is 30.7 Å². The smallest absolute Gasteiger partial charge is 0.318 e. The van der Waals surface area contributed by atoms with Crippen molar-refractivity contribution in [3.8, 4) is 0 Å². The molecule has 3 heterocycles. The molecule has 1 N–H and O–H groups in total. The Hall–Kier alpha value is -3.76. The Morgan fingerprint density at radius 1 is 1.19 bits per heavy atom. The van der Waals surface area contributed by atoms with Crippen LogP contribution in [0.4, 0.5) is 28.9 Å². The van der Waals surface area contributed by atoms with Crippen LogP contribution >= 0.6 is 0 Å². The lowest BCUT2D eigenvalue weighted by Crippen LogP contribution is -2.43. The second kappa shape index (κ2) is 7.49. The molecule has 7 nitrogen and oxygen atoms in total. The summed E-state index contributed by atoms with van der Waals surface area (Å²) in [7, 11) is 0. The fraction of sp³-hybridized carbons (Fsp3) is 0.200. The van der Waals surface area contributed by atoms with E-state index in [0.29, 0.717) is 0 Å². The molecule has 3 aromatic rings. The number of carbonyl (C=O) groups excluding carboxylic acids is 2. The summed E-state index contributed by atoms with van der Waals surface area (Å²) in [6.07, 6.45) is -0.603. The molecule has 0 radical (unpaired) electrons. The van der Waals surface area contributed by atoms with E-state index in [1.165, 1.54) is 35.6 Å². The first-order valence-corrected chi connectivity index (χ1v) is 9.14. The van der Waals surface area contributed by atoms with Crippen LogP contribution in [-0.2, 0) is 6.18 Å². The molecule has 4 rings (SSSR count). The van der Waals surface area contributed by atoms with Crippen molar-refractivity contribution >= 4 is 23.2 Å². The summed E-state index contributed by atoms with van der Waals surface area (Å²) in [5.74, 6) is -2.07. The van der Waals surface area contributed by atoms with E-state index >= 15 is 0 Å². The van der Waals surface area contributed by atoms with Crippen molar-refractivity contribution in [2.75, 3.05) is 16.8 Å². The van der Waals surface area contributed by atoms with Gasteiger partial charge in [-0.2, -0.15) is 17.6 Å². The van der Waals surface area contributed by atoms with Crippen LogP contribution in [0.25, 0.3) is 0 Å². The van der Waals surface area contributed by atoms with E-state index in [1.807, 2.05) is 0 Å². The number of rotatable bonds is 3. The van der Waals surface area contributed by atoms with E-state index in [1.54, 1.807) is 6.92 Å². The van der Waals surface area contributed by atoms with Gasteiger partial charge in [0.2, 0.25) is 0 Å². The Bertz CT molecular complexity index is 1140. The van der Waals surface area contributed by atoms with Gasteiger partial charge in [0.05, 0.1) is 23.5 Å². The Labute approximate surface area is 173 Å². The van der Waals surface area contributed by atoms with Crippen molar-refractivity contribution in [1.82, 2.24) is 14.5 Å². The number of hydrogen-bond acceptors (Lipinski definition) is 4. The molecular formula is C20H15F4N5O2. The fourth-order valence-corrected chi connectivity index (χ4v) is 3.45. The zero-order chi connectivity index (χ0) is 22.3. The highest BCUT2D eigenvalue weighted by Gasteiger charge is 2.36. The lowest BCUT2D eigenvalue weighted by molar-refractivity contribution is -0.137. The minimum atomic E-state index is -4.51. The SMILES string of the molecule is C[C@H]1CN(c2ccc(C(F)(F)F)cc2)C(=O)c2c(NC(=O)c3cnccn3)cc(F)n21. The third-order valence-corrected chi connectivity index (χ3v) is 4.88. The topological polar surface area (TPSA) is 80.1 Å². The number of halogens is 4. The number of anilines is 2. The summed E-state index contributed by atoms with van der Waals surface area (Å²) in [5.41, 5.74) is -0.835. The van der Waals surface area contributed by atoms with Crippen LogP contribution in [0, 0.1) is 5.95 Å². The summed E-state index contributed by atoms with van der Waals surface area (Å²) in [4.78, 5) is 34.4. The van der Waals surface area contributed by atoms with Gasteiger partial charge in [-0.15, -0.1) is 0 Å². The average Bonchev–Trinajstić information content (AvgIpc) is 3.07. The zero-order valence-corrected chi connectivity index (χ0v) is 16.0. The molecule has 0 unspecified atom stereocenters. The van der Waals surface area contributed by atoms with Crippen molar-refractivity contribution in [1.29, 1.82) is 0 Å². The summed E-state index contributed by atoms with van der Waals surface area (Å²) in [5, 5.41) is 2.46. The first-order chi connectivity index (χ1) is 14.7. The summed E-state index contributed by atoms with van der Waals surface area (Å²) < 4.78 is 54.2. The van der Waals surface area contributed by atoms with Crippen LogP contribution in [0.15, 0.2) is 48.9 Å². The second-order valence-electron chi connectivity index (χ2n) is 6.95. The third kappa shape index (κ3) is 3.74. The molecule has 11 heteroatoms. The van der Waals surface area contributed by atoms with Crippen LogP contribution in [0.2, 0.25) is 0 Å². The minimum Gasteiger partial charge on any atom is -0.318 e. The highest BCUT2D eigenvalue weighted by molar-refractivity contribution is 6.13. The molecule has 1 aliphatic heterocycles. The van der Waals surface area contributed by atoms with Crippen LogP contribution in [0.5, 0.6) is 0 Å². The average molecular weight is 433 g/mol. The summed E-state index contributed by atoms with van der Waals surface area (Å²) >= 11 is 0. The first kappa shape index (κ1) is 20.5. The lowest BCUT2D eigenvalue weighted by Gasteiger charge is -2.33. The van der Waals surface area contributed by atoms with Gasteiger partial charge in [-0.25, -0.2) is 4.98 Å². The summed E-state index contributed by atoms with van der Waals surface area (Å²) in [6, 6.07) is 4.60. The molecule has 0 saturated carbocycles. The Balaban J connectivity index is 1.68. The molecule has 1 aromatic carbocycles. The minimum absolute atomic E-state index is 0.0289. The molecule has 0 fully saturated rings. The van der Waals surface area contributed by atoms with E-state index < -0.39 is 35.5 Å². The largest absolute Gasteiger partial charge is 0.416 e. The number of carbonyl (C=O) groups is 2. The maximum Gasteiger partial charge on any atom is 0.416 e. The number of alkyl halides is 3. The zero-order valence-electron chi connectivity index (χ0n) is 16.0. The first-order valence-electron chi connectivity index (χ1n) is 9.14. The van der Waals surface area contributed by atoms with Crippen molar-refractivity contribution in [2.24, 2.45) is 0 Å². The highest BCUT2D eigenvalue weighted by atomic mass is 19.4. The third-order valence-electron chi connectivity index (χ3n) is 4.88. The number of nitrogens with one attached hydrogen (secondary N) is 1. The van der Waals surface area contributed by atoms with Gasteiger partial charge in [-0.3, -0.25) is 14.6 Å². The van der Waals surface area contributed by atoms with E-state index in [9.17, 15) is 27.2 Å². The number of fused-ring (bicyclic) bond motifs is 1. The quantitative estimate of drug-likeness (QED) is 0.636. The molecular weight excluding hydrogens is 418 g/mol. The molecule has 0 aliphatic carbocycles. The predicted octanol–water partition coefficient (Wildman–Crippen LogP) is 3.91. The van der Waals surface area contributed by atoms with Crippen LogP contribution in [-0.4, -0.2) is 32.9 Å². The van der Waals surface area contributed by atoms with Crippen molar-refractivity contribution in [2.45, 2.75) is 19.1 Å². The maximum atomic E-state index is 14.6. The molecule has 1 aliphatic rings. The fourth-order valence-electron chi connectivity index (χ4n) is 3.45. The monoisotopic (exact) mass is 433 g/mol. The predicted molar refractivity (Wildman–Crippen MR) is 102 cm³/mol. The van der Waals surface area contributed by atoms with Gasteiger partial charge >= 0.3 is 6.18 Å². The molecule has 31 heavy (non-hydrogen) atoms. The number of amides is 2. The normalized spacial score (nSPS) is 16.2. The number of hydrogen-bond donors (Lipinski definition) is 1.